The summed E-state index contributed by atoms with van der Waals surface area (Å²) in [6, 6.07) is 11.5. The topological polar surface area (TPSA) is 128 Å². The normalized spacial score (nSPS) is 25.2. The Morgan fingerprint density at radius 1 is 1.00 bits per heavy atom. The minimum absolute atomic E-state index is 0.0166. The smallest absolute Gasteiger partial charge is 0.331 e. The summed E-state index contributed by atoms with van der Waals surface area (Å²) in [5.74, 6) is -0.247. The largest absolute Gasteiger partial charge is 0.497 e. The van der Waals surface area contributed by atoms with Crippen LogP contribution >= 0.6 is 0 Å². The van der Waals surface area contributed by atoms with Crippen LogP contribution in [0.2, 0.25) is 0 Å². The number of fused-ring (bicyclic) bond motifs is 6. The Bertz CT molecular complexity index is 1760. The van der Waals surface area contributed by atoms with Gasteiger partial charge in [-0.2, -0.15) is 0 Å². The molecule has 1 amide bonds. The van der Waals surface area contributed by atoms with Crippen molar-refractivity contribution in [2.45, 2.75) is 58.3 Å². The molecule has 1 aromatic heterocycles. The van der Waals surface area contributed by atoms with Gasteiger partial charge in [-0.15, -0.1) is 0 Å². The first-order valence-electron chi connectivity index (χ1n) is 16.9. The highest BCUT2D eigenvalue weighted by Gasteiger charge is 2.54. The summed E-state index contributed by atoms with van der Waals surface area (Å²) >= 11 is 0. The summed E-state index contributed by atoms with van der Waals surface area (Å²) in [6.45, 7) is 7.17. The number of ether oxygens (including phenoxy) is 5. The summed E-state index contributed by atoms with van der Waals surface area (Å²) in [4.78, 5) is 45.5. The quantitative estimate of drug-likeness (QED) is 0.234. The van der Waals surface area contributed by atoms with Crippen LogP contribution in [0.4, 0.5) is 5.69 Å². The Morgan fingerprint density at radius 2 is 1.80 bits per heavy atom. The second kappa shape index (κ2) is 13.9. The Kier molecular flexibility index (Phi) is 9.77. The maximum Gasteiger partial charge on any atom is 0.331 e. The number of esters is 2. The number of carbonyl (C=O) groups excluding carboxylic acids is 3. The molecule has 6 atom stereocenters. The molecule has 1 saturated heterocycles. The maximum atomic E-state index is 13.4. The molecule has 3 heterocycles. The summed E-state index contributed by atoms with van der Waals surface area (Å²) in [5.41, 5.74) is 4.16. The van der Waals surface area contributed by atoms with E-state index < -0.39 is 29.5 Å². The summed E-state index contributed by atoms with van der Waals surface area (Å²) in [7, 11) is 6.16. The lowest BCUT2D eigenvalue weighted by Gasteiger charge is -2.52. The first-order valence-corrected chi connectivity index (χ1v) is 16.9. The maximum absolute atomic E-state index is 13.4. The van der Waals surface area contributed by atoms with Gasteiger partial charge in [-0.3, -0.25) is 14.5 Å². The highest BCUT2D eigenvalue weighted by Crippen LogP contribution is 2.50. The predicted molar refractivity (Wildman–Crippen MR) is 185 cm³/mol. The van der Waals surface area contributed by atoms with Crippen LogP contribution in [-0.2, 0) is 35.0 Å². The van der Waals surface area contributed by atoms with Crippen LogP contribution in [0.3, 0.4) is 0 Å². The highest BCUT2D eigenvalue weighted by molar-refractivity contribution is 5.96. The standard InChI is InChI=1S/C38H47N3O8/c1-38(2,3)37(44)40-28-16-21(8-12-30(28)46-5)9-13-32(42)49-31-17-22-20-41-15-14-25-24-11-10-23(45-4)18-27(24)39-34(25)29(41)19-26(22)33(35(31)47-6)36(43)48-7/h8-13,16,18,22,26,29,31,33,35,39H,14-15,17,19-20H2,1-7H3,(H,40,44)/b13-9+/t22-,26+,29-,31-,33+,35+/m1/s1. The van der Waals surface area contributed by atoms with Crippen LogP contribution in [-0.4, -0.2) is 81.5 Å². The minimum atomic E-state index is -0.659. The van der Waals surface area contributed by atoms with Gasteiger partial charge in [0, 0.05) is 54.4 Å². The number of hydrogen-bond acceptors (Lipinski definition) is 9. The van der Waals surface area contributed by atoms with E-state index >= 15 is 0 Å². The first-order chi connectivity index (χ1) is 23.4. The number of aromatic amines is 1. The third kappa shape index (κ3) is 6.78. The Morgan fingerprint density at radius 3 is 2.49 bits per heavy atom. The van der Waals surface area contributed by atoms with Crippen molar-refractivity contribution in [2.24, 2.45) is 23.2 Å². The van der Waals surface area contributed by atoms with E-state index in [1.54, 1.807) is 38.5 Å². The molecular weight excluding hydrogens is 626 g/mol. The number of benzene rings is 2. The molecular formula is C38H47N3O8. The molecule has 0 spiro atoms. The van der Waals surface area contributed by atoms with Crippen LogP contribution in [0.15, 0.2) is 42.5 Å². The molecule has 49 heavy (non-hydrogen) atoms. The summed E-state index contributed by atoms with van der Waals surface area (Å²) in [6.07, 6.45) is 3.95. The van der Waals surface area contributed by atoms with E-state index in [4.69, 9.17) is 23.7 Å². The predicted octanol–water partition coefficient (Wildman–Crippen LogP) is 5.54. The van der Waals surface area contributed by atoms with Crippen molar-refractivity contribution in [3.8, 4) is 11.5 Å². The Hall–Kier alpha value is -4.35. The molecule has 262 valence electrons. The fourth-order valence-corrected chi connectivity index (χ4v) is 7.95. The van der Waals surface area contributed by atoms with Gasteiger partial charge in [-0.25, -0.2) is 4.79 Å². The summed E-state index contributed by atoms with van der Waals surface area (Å²) in [5, 5.41) is 4.12. The third-order valence-electron chi connectivity index (χ3n) is 10.4. The lowest BCUT2D eigenvalue weighted by Crippen LogP contribution is -2.58. The van der Waals surface area contributed by atoms with Gasteiger partial charge in [0.05, 0.1) is 39.0 Å². The second-order valence-corrected chi connectivity index (χ2v) is 14.3. The van der Waals surface area contributed by atoms with Gasteiger partial charge in [0.1, 0.15) is 23.7 Å². The van der Waals surface area contributed by atoms with Gasteiger partial charge in [0.15, 0.2) is 0 Å². The van der Waals surface area contributed by atoms with Gasteiger partial charge in [0.2, 0.25) is 5.91 Å². The van der Waals surface area contributed by atoms with Gasteiger partial charge in [-0.05, 0) is 72.6 Å². The van der Waals surface area contributed by atoms with Crippen molar-refractivity contribution in [3.63, 3.8) is 0 Å². The van der Waals surface area contributed by atoms with Crippen molar-refractivity contribution < 1.29 is 38.1 Å². The van der Waals surface area contributed by atoms with Crippen LogP contribution in [0, 0.1) is 23.2 Å². The minimum Gasteiger partial charge on any atom is -0.497 e. The number of H-pyrrole nitrogens is 1. The SMILES string of the molecule is COC(=O)[C@H]1[C@H]2C[C@@H]3c4[nH]c5cc(OC)ccc5c4CCN3C[C@H]2C[C@@H](OC(=O)/C=C/c2ccc(OC)c(NC(=O)C(C)(C)C)c2)[C@@H]1OC. The number of anilines is 1. The molecule has 6 rings (SSSR count). The molecule has 0 unspecified atom stereocenters. The molecule has 2 N–H and O–H groups in total. The fraction of sp³-hybridized carbons (Fsp3) is 0.500. The molecule has 0 radical (unpaired) electrons. The number of nitrogens with zero attached hydrogens (tertiary/aromatic N) is 1. The monoisotopic (exact) mass is 673 g/mol. The number of rotatable bonds is 8. The molecule has 2 fully saturated rings. The highest BCUT2D eigenvalue weighted by atomic mass is 16.6. The zero-order valence-corrected chi connectivity index (χ0v) is 29.3. The lowest BCUT2D eigenvalue weighted by atomic mass is 9.63. The fourth-order valence-electron chi connectivity index (χ4n) is 7.95. The first kappa shape index (κ1) is 34.5. The molecule has 2 aromatic carbocycles. The van der Waals surface area contributed by atoms with Crippen LogP contribution in [0.5, 0.6) is 11.5 Å². The third-order valence-corrected chi connectivity index (χ3v) is 10.4. The van der Waals surface area contributed by atoms with Crippen LogP contribution in [0.1, 0.15) is 56.5 Å². The van der Waals surface area contributed by atoms with Gasteiger partial charge in [-0.1, -0.05) is 26.8 Å². The number of hydrogen-bond donors (Lipinski definition) is 2. The Balaban J connectivity index is 1.20. The van der Waals surface area contributed by atoms with Gasteiger partial charge in [0.25, 0.3) is 0 Å². The van der Waals surface area contributed by atoms with E-state index in [0.717, 1.165) is 37.2 Å². The molecule has 0 bridgehead atoms. The number of piperidine rings is 1. The average Bonchev–Trinajstić information content (AvgIpc) is 3.47. The molecule has 3 aliphatic rings. The van der Waals surface area contributed by atoms with E-state index in [-0.39, 0.29) is 29.8 Å². The molecule has 1 saturated carbocycles. The van der Waals surface area contributed by atoms with Crippen LogP contribution < -0.4 is 14.8 Å². The molecule has 2 aliphatic heterocycles. The van der Waals surface area contributed by atoms with Crippen molar-refractivity contribution in [1.82, 2.24) is 9.88 Å². The Labute approximate surface area is 287 Å². The van der Waals surface area contributed by atoms with E-state index in [1.807, 2.05) is 32.9 Å². The van der Waals surface area contributed by atoms with E-state index in [9.17, 15) is 14.4 Å². The van der Waals surface area contributed by atoms with Crippen molar-refractivity contribution in [1.29, 1.82) is 0 Å². The number of carbonyl (C=O) groups is 3. The number of aromatic nitrogens is 1. The van der Waals surface area contributed by atoms with Crippen molar-refractivity contribution in [3.05, 3.63) is 59.3 Å². The van der Waals surface area contributed by atoms with Crippen molar-refractivity contribution >= 4 is 40.5 Å². The summed E-state index contributed by atoms with van der Waals surface area (Å²) < 4.78 is 28.2. The van der Waals surface area contributed by atoms with Gasteiger partial charge < -0.3 is 34.0 Å². The average molecular weight is 674 g/mol. The van der Waals surface area contributed by atoms with Crippen LogP contribution in [0.25, 0.3) is 17.0 Å². The van der Waals surface area contributed by atoms with Gasteiger partial charge >= 0.3 is 11.9 Å². The lowest BCUT2D eigenvalue weighted by molar-refractivity contribution is -0.187. The van der Waals surface area contributed by atoms with E-state index in [1.165, 1.54) is 36.9 Å². The number of methoxy groups -OCH3 is 4. The molecule has 3 aromatic rings. The van der Waals surface area contributed by atoms with E-state index in [0.29, 0.717) is 23.4 Å². The molecule has 11 heteroatoms. The number of nitrogens with one attached hydrogen (secondary N) is 2. The second-order valence-electron chi connectivity index (χ2n) is 14.3. The van der Waals surface area contributed by atoms with Crippen molar-refractivity contribution in [2.75, 3.05) is 46.8 Å². The molecule has 11 nitrogen and oxygen atoms in total. The van der Waals surface area contributed by atoms with E-state index in [2.05, 4.69) is 21.3 Å². The number of amides is 1. The zero-order chi connectivity index (χ0) is 35.0. The zero-order valence-electron chi connectivity index (χ0n) is 29.3. The molecule has 1 aliphatic carbocycles.